The zero-order valence-electron chi connectivity index (χ0n) is 14.0. The summed E-state index contributed by atoms with van der Waals surface area (Å²) in [7, 11) is 3.41. The summed E-state index contributed by atoms with van der Waals surface area (Å²) in [4.78, 5) is 26.2. The Bertz CT molecular complexity index is 714. The Morgan fingerprint density at radius 3 is 2.83 bits per heavy atom. The molecule has 0 unspecified atom stereocenters. The Morgan fingerprint density at radius 1 is 1.42 bits per heavy atom. The summed E-state index contributed by atoms with van der Waals surface area (Å²) in [6.07, 6.45) is 5.64. The van der Waals surface area contributed by atoms with E-state index in [-0.39, 0.29) is 17.7 Å². The number of anilines is 1. The molecule has 1 aliphatic carbocycles. The first kappa shape index (κ1) is 16.3. The summed E-state index contributed by atoms with van der Waals surface area (Å²) in [6.45, 7) is 0.367. The summed E-state index contributed by atoms with van der Waals surface area (Å²) in [5, 5.41) is 7.10. The molecule has 7 heteroatoms. The number of amides is 2. The van der Waals surface area contributed by atoms with Crippen LogP contribution in [0.5, 0.6) is 0 Å². The zero-order chi connectivity index (χ0) is 17.1. The molecule has 0 aliphatic heterocycles. The SMILES string of the molecule is CN(Cc1ccco1)C(=O)c1cc(NC(=O)C2CCCC2)n(C)n1. The fourth-order valence-electron chi connectivity index (χ4n) is 3.01. The van der Waals surface area contributed by atoms with Gasteiger partial charge in [0.1, 0.15) is 11.6 Å². The predicted molar refractivity (Wildman–Crippen MR) is 88.3 cm³/mol. The Kier molecular flexibility index (Phi) is 4.69. The number of hydrogen-bond acceptors (Lipinski definition) is 4. The van der Waals surface area contributed by atoms with Crippen LogP contribution in [-0.4, -0.2) is 33.5 Å². The molecule has 7 nitrogen and oxygen atoms in total. The number of carbonyl (C=O) groups excluding carboxylic acids is 2. The van der Waals surface area contributed by atoms with E-state index in [1.54, 1.807) is 32.5 Å². The molecule has 2 aromatic heterocycles. The van der Waals surface area contributed by atoms with Crippen molar-refractivity contribution in [2.75, 3.05) is 12.4 Å². The number of furan rings is 1. The van der Waals surface area contributed by atoms with Gasteiger partial charge in [0.25, 0.3) is 5.91 Å². The number of rotatable bonds is 5. The lowest BCUT2D eigenvalue weighted by molar-refractivity contribution is -0.119. The summed E-state index contributed by atoms with van der Waals surface area (Å²) in [5.74, 6) is 1.11. The van der Waals surface area contributed by atoms with Crippen LogP contribution in [0.1, 0.15) is 41.9 Å². The van der Waals surface area contributed by atoms with Gasteiger partial charge in [0, 0.05) is 26.1 Å². The first-order valence-corrected chi connectivity index (χ1v) is 8.17. The molecule has 0 aromatic carbocycles. The lowest BCUT2D eigenvalue weighted by Gasteiger charge is -2.13. The smallest absolute Gasteiger partial charge is 0.274 e. The Labute approximate surface area is 140 Å². The molecule has 0 atom stereocenters. The third kappa shape index (κ3) is 3.50. The van der Waals surface area contributed by atoms with Crippen LogP contribution in [0.3, 0.4) is 0 Å². The lowest BCUT2D eigenvalue weighted by Crippen LogP contribution is -2.26. The molecule has 1 saturated carbocycles. The van der Waals surface area contributed by atoms with Crippen LogP contribution in [-0.2, 0) is 18.4 Å². The Balaban J connectivity index is 1.66. The summed E-state index contributed by atoms with van der Waals surface area (Å²) < 4.78 is 6.78. The van der Waals surface area contributed by atoms with Crippen molar-refractivity contribution in [3.8, 4) is 0 Å². The van der Waals surface area contributed by atoms with E-state index in [2.05, 4.69) is 10.4 Å². The van der Waals surface area contributed by atoms with Gasteiger partial charge < -0.3 is 14.6 Å². The second-order valence-corrected chi connectivity index (χ2v) is 6.25. The van der Waals surface area contributed by atoms with Crippen molar-refractivity contribution in [2.45, 2.75) is 32.2 Å². The molecular formula is C17H22N4O3. The number of hydrogen-bond donors (Lipinski definition) is 1. The number of carbonyl (C=O) groups is 2. The van der Waals surface area contributed by atoms with Gasteiger partial charge in [0.15, 0.2) is 5.69 Å². The van der Waals surface area contributed by atoms with E-state index < -0.39 is 0 Å². The standard InChI is InChI=1S/C17H22N4O3/c1-20(11-13-8-5-9-24-13)17(23)14-10-15(21(2)19-14)18-16(22)12-6-3-4-7-12/h5,8-10,12H,3-4,6-7,11H2,1-2H3,(H,18,22). The van der Waals surface area contributed by atoms with E-state index in [1.165, 1.54) is 9.58 Å². The largest absolute Gasteiger partial charge is 0.467 e. The van der Waals surface area contributed by atoms with E-state index in [9.17, 15) is 9.59 Å². The molecule has 24 heavy (non-hydrogen) atoms. The summed E-state index contributed by atoms with van der Waals surface area (Å²) >= 11 is 0. The molecule has 1 N–H and O–H groups in total. The molecule has 0 bridgehead atoms. The molecule has 2 heterocycles. The number of nitrogens with one attached hydrogen (secondary N) is 1. The molecule has 128 valence electrons. The molecule has 1 fully saturated rings. The number of nitrogens with zero attached hydrogens (tertiary/aromatic N) is 3. The van der Waals surface area contributed by atoms with E-state index in [1.807, 2.05) is 6.07 Å². The maximum Gasteiger partial charge on any atom is 0.274 e. The van der Waals surface area contributed by atoms with Gasteiger partial charge in [-0.2, -0.15) is 5.10 Å². The van der Waals surface area contributed by atoms with Crippen LogP contribution in [0.2, 0.25) is 0 Å². The zero-order valence-corrected chi connectivity index (χ0v) is 14.0. The van der Waals surface area contributed by atoms with Crippen LogP contribution in [0.15, 0.2) is 28.9 Å². The maximum atomic E-state index is 12.5. The van der Waals surface area contributed by atoms with Crippen molar-refractivity contribution in [3.05, 3.63) is 35.9 Å². The predicted octanol–water partition coefficient (Wildman–Crippen LogP) is 2.41. The van der Waals surface area contributed by atoms with Crippen molar-refractivity contribution >= 4 is 17.6 Å². The van der Waals surface area contributed by atoms with Crippen LogP contribution >= 0.6 is 0 Å². The van der Waals surface area contributed by atoms with Gasteiger partial charge in [-0.25, -0.2) is 0 Å². The van der Waals surface area contributed by atoms with Crippen molar-refractivity contribution in [1.82, 2.24) is 14.7 Å². The van der Waals surface area contributed by atoms with Crippen LogP contribution in [0, 0.1) is 5.92 Å². The van der Waals surface area contributed by atoms with Crippen LogP contribution < -0.4 is 5.32 Å². The number of aromatic nitrogens is 2. The van der Waals surface area contributed by atoms with Crippen molar-refractivity contribution in [1.29, 1.82) is 0 Å². The minimum absolute atomic E-state index is 0.0124. The van der Waals surface area contributed by atoms with Gasteiger partial charge in [-0.3, -0.25) is 14.3 Å². The van der Waals surface area contributed by atoms with Gasteiger partial charge in [-0.05, 0) is 25.0 Å². The van der Waals surface area contributed by atoms with Crippen molar-refractivity contribution < 1.29 is 14.0 Å². The highest BCUT2D eigenvalue weighted by Crippen LogP contribution is 2.26. The average Bonchev–Trinajstić information content (AvgIpc) is 3.29. The van der Waals surface area contributed by atoms with Gasteiger partial charge >= 0.3 is 0 Å². The van der Waals surface area contributed by atoms with E-state index in [0.717, 1.165) is 25.7 Å². The quantitative estimate of drug-likeness (QED) is 0.913. The number of aryl methyl sites for hydroxylation is 1. The van der Waals surface area contributed by atoms with Crippen molar-refractivity contribution in [2.24, 2.45) is 13.0 Å². The molecule has 2 amide bonds. The molecule has 2 aromatic rings. The van der Waals surface area contributed by atoms with E-state index >= 15 is 0 Å². The fourth-order valence-corrected chi connectivity index (χ4v) is 3.01. The molecule has 0 saturated heterocycles. The minimum Gasteiger partial charge on any atom is -0.467 e. The molecule has 1 aliphatic rings. The second kappa shape index (κ2) is 6.90. The summed E-state index contributed by atoms with van der Waals surface area (Å²) in [6, 6.07) is 5.22. The Morgan fingerprint density at radius 2 is 2.17 bits per heavy atom. The highest BCUT2D eigenvalue weighted by Gasteiger charge is 2.24. The van der Waals surface area contributed by atoms with E-state index in [4.69, 9.17) is 4.42 Å². The normalized spacial score (nSPS) is 14.8. The molecular weight excluding hydrogens is 308 g/mol. The maximum absolute atomic E-state index is 12.5. The molecule has 0 radical (unpaired) electrons. The monoisotopic (exact) mass is 330 g/mol. The van der Waals surface area contributed by atoms with Crippen LogP contribution in [0.25, 0.3) is 0 Å². The second-order valence-electron chi connectivity index (χ2n) is 6.25. The molecule has 3 rings (SSSR count). The topological polar surface area (TPSA) is 80.4 Å². The molecule has 0 spiro atoms. The van der Waals surface area contributed by atoms with Gasteiger partial charge in [-0.15, -0.1) is 0 Å². The minimum atomic E-state index is -0.219. The third-order valence-electron chi connectivity index (χ3n) is 4.40. The third-order valence-corrected chi connectivity index (χ3v) is 4.40. The fraction of sp³-hybridized carbons (Fsp3) is 0.471. The van der Waals surface area contributed by atoms with Crippen LogP contribution in [0.4, 0.5) is 5.82 Å². The highest BCUT2D eigenvalue weighted by molar-refractivity contribution is 5.96. The van der Waals surface area contributed by atoms with Gasteiger partial charge in [0.05, 0.1) is 12.8 Å². The average molecular weight is 330 g/mol. The highest BCUT2D eigenvalue weighted by atomic mass is 16.3. The van der Waals surface area contributed by atoms with Crippen molar-refractivity contribution in [3.63, 3.8) is 0 Å². The van der Waals surface area contributed by atoms with Gasteiger partial charge in [-0.1, -0.05) is 12.8 Å². The van der Waals surface area contributed by atoms with Gasteiger partial charge in [0.2, 0.25) is 5.91 Å². The summed E-state index contributed by atoms with van der Waals surface area (Å²) in [5.41, 5.74) is 0.299. The van der Waals surface area contributed by atoms with E-state index in [0.29, 0.717) is 23.8 Å². The first-order chi connectivity index (χ1) is 11.5. The first-order valence-electron chi connectivity index (χ1n) is 8.17. The lowest BCUT2D eigenvalue weighted by atomic mass is 10.1. The Hall–Kier alpha value is -2.57.